The van der Waals surface area contributed by atoms with Crippen molar-refractivity contribution >= 4 is 68.6 Å². The van der Waals surface area contributed by atoms with Gasteiger partial charge in [0.05, 0.1) is 37.6 Å². The third-order valence-corrected chi connectivity index (χ3v) is 9.80. The van der Waals surface area contributed by atoms with Gasteiger partial charge in [-0.2, -0.15) is 0 Å². The monoisotopic (exact) mass is 826 g/mol. The zero-order valence-corrected chi connectivity index (χ0v) is 33.5. The van der Waals surface area contributed by atoms with Gasteiger partial charge in [-0.3, -0.25) is 0 Å². The summed E-state index contributed by atoms with van der Waals surface area (Å²) in [7, 11) is 0. The molecular weight excluding hydrogens is 783 g/mol. The van der Waals surface area contributed by atoms with Gasteiger partial charge >= 0.3 is 23.9 Å². The van der Waals surface area contributed by atoms with Crippen LogP contribution in [-0.2, 0) is 19.1 Å². The number of carbonyl (C=O) groups excluding carboxylic acids is 4. The van der Waals surface area contributed by atoms with Crippen molar-refractivity contribution in [2.24, 2.45) is 0 Å². The zero-order chi connectivity index (χ0) is 41.3. The van der Waals surface area contributed by atoms with Gasteiger partial charge in [0.25, 0.3) is 0 Å². The number of fused-ring (bicyclic) bond motifs is 2. The van der Waals surface area contributed by atoms with Crippen molar-refractivity contribution in [3.63, 3.8) is 0 Å². The van der Waals surface area contributed by atoms with Gasteiger partial charge in [-0.15, -0.1) is 0 Å². The molecule has 0 atom stereocenters. The van der Waals surface area contributed by atoms with E-state index in [2.05, 4.69) is 13.2 Å². The lowest BCUT2D eigenvalue weighted by Gasteiger charge is -2.12. The fourth-order valence-electron chi connectivity index (χ4n) is 5.83. The molecule has 0 amide bonds. The molecule has 0 aromatic heterocycles. The molecule has 0 saturated carbocycles. The van der Waals surface area contributed by atoms with E-state index in [1.165, 1.54) is 12.1 Å². The van der Waals surface area contributed by atoms with Crippen LogP contribution in [0.1, 0.15) is 72.1 Å². The Hall–Kier alpha value is -5.84. The molecule has 0 unspecified atom stereocenters. The molecule has 0 N–H and O–H groups in total. The van der Waals surface area contributed by atoms with E-state index in [0.29, 0.717) is 49.1 Å². The molecule has 0 heterocycles. The fourth-order valence-corrected chi connectivity index (χ4v) is 6.22. The van der Waals surface area contributed by atoms with E-state index in [1.807, 2.05) is 36.4 Å². The van der Waals surface area contributed by atoms with Crippen molar-refractivity contribution in [3.05, 3.63) is 131 Å². The van der Waals surface area contributed by atoms with E-state index in [0.717, 1.165) is 85.1 Å². The first-order chi connectivity index (χ1) is 28.1. The largest absolute Gasteiger partial charge is 0.494 e. The molecule has 0 bridgehead atoms. The molecule has 0 aliphatic heterocycles. The van der Waals surface area contributed by atoms with Crippen molar-refractivity contribution in [3.8, 4) is 23.0 Å². The maximum atomic E-state index is 13.1. The zero-order valence-electron chi connectivity index (χ0n) is 32.0. The average molecular weight is 828 g/mol. The molecule has 0 saturated heterocycles. The Bertz CT molecular complexity index is 2110. The van der Waals surface area contributed by atoms with Crippen LogP contribution in [0.5, 0.6) is 23.0 Å². The summed E-state index contributed by atoms with van der Waals surface area (Å²) in [6.45, 7) is 8.62. The van der Waals surface area contributed by atoms with Crippen LogP contribution in [0.3, 0.4) is 0 Å². The molecule has 0 aliphatic carbocycles. The lowest BCUT2D eigenvalue weighted by atomic mass is 10.1. The first-order valence-corrected chi connectivity index (χ1v) is 19.7. The summed E-state index contributed by atoms with van der Waals surface area (Å²) in [5, 5.41) is 3.23. The molecule has 0 radical (unpaired) electrons. The van der Waals surface area contributed by atoms with Gasteiger partial charge in [0.2, 0.25) is 0 Å². The van der Waals surface area contributed by atoms with Crippen LogP contribution >= 0.6 is 23.2 Å². The minimum atomic E-state index is -0.644. The lowest BCUT2D eigenvalue weighted by Crippen LogP contribution is -2.10. The van der Waals surface area contributed by atoms with E-state index < -0.39 is 23.9 Å². The standard InChI is InChI=1S/C46H44Cl2O10/c1-3-41(49)55-25-11-7-5-9-23-53-37-19-17-31-27-35(15-13-33(31)29-37)45(51)57-39-21-22-40(44(48)43(39)47)58-46(52)36-16-14-34-30-38(20-18-32(34)28-36)54-24-10-6-8-12-26-56-42(50)4-2/h3-4,13-22,27-30H,1-2,5-12,23-26H2. The summed E-state index contributed by atoms with van der Waals surface area (Å²) in [5.41, 5.74) is 0.602. The van der Waals surface area contributed by atoms with Crippen LogP contribution in [0.4, 0.5) is 0 Å². The Labute approximate surface area is 347 Å². The highest BCUT2D eigenvalue weighted by molar-refractivity contribution is 6.44. The number of hydrogen-bond donors (Lipinski definition) is 0. The summed E-state index contributed by atoms with van der Waals surface area (Å²) in [6, 6.07) is 24.4. The highest BCUT2D eigenvalue weighted by Gasteiger charge is 2.19. The molecule has 5 aromatic carbocycles. The average Bonchev–Trinajstić information content (AvgIpc) is 3.24. The van der Waals surface area contributed by atoms with E-state index in [4.69, 9.17) is 51.6 Å². The maximum absolute atomic E-state index is 13.1. The molecular formula is C46H44Cl2O10. The smallest absolute Gasteiger partial charge is 0.343 e. The first kappa shape index (κ1) is 43.3. The van der Waals surface area contributed by atoms with Crippen LogP contribution < -0.4 is 18.9 Å². The highest BCUT2D eigenvalue weighted by atomic mass is 35.5. The number of halogens is 2. The maximum Gasteiger partial charge on any atom is 0.343 e. The van der Waals surface area contributed by atoms with Crippen LogP contribution in [0.2, 0.25) is 10.0 Å². The predicted molar refractivity (Wildman–Crippen MR) is 225 cm³/mol. The van der Waals surface area contributed by atoms with Crippen molar-refractivity contribution < 1.29 is 47.6 Å². The molecule has 58 heavy (non-hydrogen) atoms. The van der Waals surface area contributed by atoms with E-state index in [-0.39, 0.29) is 21.5 Å². The fraction of sp³-hybridized carbons (Fsp3) is 0.261. The summed E-state index contributed by atoms with van der Waals surface area (Å²) >= 11 is 13.0. The van der Waals surface area contributed by atoms with Crippen molar-refractivity contribution in [1.82, 2.24) is 0 Å². The third kappa shape index (κ3) is 12.8. The van der Waals surface area contributed by atoms with Gasteiger partial charge in [0, 0.05) is 12.2 Å². The number of carbonyl (C=O) groups is 4. The molecule has 0 aliphatic rings. The Kier molecular flexibility index (Phi) is 16.6. The summed E-state index contributed by atoms with van der Waals surface area (Å²) in [4.78, 5) is 48.4. The predicted octanol–water partition coefficient (Wildman–Crippen LogP) is 11.1. The number of esters is 4. The number of unbranched alkanes of at least 4 members (excludes halogenated alkanes) is 6. The van der Waals surface area contributed by atoms with Crippen LogP contribution in [-0.4, -0.2) is 50.3 Å². The molecule has 0 fully saturated rings. The normalized spacial score (nSPS) is 10.8. The lowest BCUT2D eigenvalue weighted by molar-refractivity contribution is -0.138. The van der Waals surface area contributed by atoms with Crippen LogP contribution in [0.25, 0.3) is 21.5 Å². The second kappa shape index (κ2) is 22.2. The minimum absolute atomic E-state index is 0.00774. The van der Waals surface area contributed by atoms with E-state index in [1.54, 1.807) is 36.4 Å². The van der Waals surface area contributed by atoms with Gasteiger partial charge in [-0.1, -0.05) is 60.6 Å². The Morgan fingerprint density at radius 1 is 0.466 bits per heavy atom. The van der Waals surface area contributed by atoms with Crippen LogP contribution in [0.15, 0.2) is 110 Å². The SMILES string of the molecule is C=CC(=O)OCCCCCCOc1ccc2cc(C(=O)Oc3ccc(OC(=O)c4ccc5cc(OCCCCCCOC(=O)C=C)ccc5c4)c(Cl)c3Cl)ccc2c1. The second-order valence-corrected chi connectivity index (χ2v) is 13.9. The summed E-state index contributed by atoms with van der Waals surface area (Å²) < 4.78 is 32.9. The number of rotatable bonds is 22. The van der Waals surface area contributed by atoms with Crippen molar-refractivity contribution in [1.29, 1.82) is 0 Å². The van der Waals surface area contributed by atoms with E-state index >= 15 is 0 Å². The number of hydrogen-bond acceptors (Lipinski definition) is 10. The first-order valence-electron chi connectivity index (χ1n) is 19.0. The van der Waals surface area contributed by atoms with Gasteiger partial charge in [-0.25, -0.2) is 19.2 Å². The number of ether oxygens (including phenoxy) is 6. The molecule has 12 heteroatoms. The van der Waals surface area contributed by atoms with Gasteiger partial charge in [0.1, 0.15) is 21.5 Å². The van der Waals surface area contributed by atoms with Gasteiger partial charge in [0.15, 0.2) is 11.5 Å². The number of benzene rings is 5. The Morgan fingerprint density at radius 2 is 0.828 bits per heavy atom. The Balaban J connectivity index is 1.08. The van der Waals surface area contributed by atoms with Crippen molar-refractivity contribution in [2.45, 2.75) is 51.4 Å². The topological polar surface area (TPSA) is 124 Å². The molecule has 5 aromatic rings. The minimum Gasteiger partial charge on any atom is -0.494 e. The summed E-state index contributed by atoms with van der Waals surface area (Å²) in [5.74, 6) is -0.655. The van der Waals surface area contributed by atoms with Gasteiger partial charge < -0.3 is 28.4 Å². The van der Waals surface area contributed by atoms with Crippen molar-refractivity contribution in [2.75, 3.05) is 26.4 Å². The Morgan fingerprint density at radius 3 is 1.22 bits per heavy atom. The van der Waals surface area contributed by atoms with Gasteiger partial charge in [-0.05, 0) is 134 Å². The van der Waals surface area contributed by atoms with Crippen LogP contribution in [0, 0.1) is 0 Å². The highest BCUT2D eigenvalue weighted by Crippen LogP contribution is 2.40. The second-order valence-electron chi connectivity index (χ2n) is 13.2. The molecule has 5 rings (SSSR count). The molecule has 0 spiro atoms. The summed E-state index contributed by atoms with van der Waals surface area (Å²) in [6.07, 6.45) is 9.36. The molecule has 302 valence electrons. The van der Waals surface area contributed by atoms with E-state index in [9.17, 15) is 19.2 Å². The third-order valence-electron chi connectivity index (χ3n) is 8.95. The molecule has 10 nitrogen and oxygen atoms in total. The quantitative estimate of drug-likeness (QED) is 0.0288.